The normalized spacial score (nSPS) is 26.8. The van der Waals surface area contributed by atoms with Gasteiger partial charge in [0.05, 0.1) is 12.2 Å². The quantitative estimate of drug-likeness (QED) is 0.453. The van der Waals surface area contributed by atoms with E-state index in [0.29, 0.717) is 12.4 Å². The van der Waals surface area contributed by atoms with E-state index in [9.17, 15) is 4.79 Å². The molecule has 0 unspecified atom stereocenters. The van der Waals surface area contributed by atoms with Crippen molar-refractivity contribution < 1.29 is 4.79 Å². The summed E-state index contributed by atoms with van der Waals surface area (Å²) in [6.07, 6.45) is 1.84. The highest BCUT2D eigenvalue weighted by molar-refractivity contribution is 5.57. The van der Waals surface area contributed by atoms with E-state index < -0.39 is 0 Å². The molecule has 1 radical (unpaired) electrons. The Morgan fingerprint density at radius 1 is 1.42 bits per heavy atom. The molecule has 2 saturated heterocycles. The number of rotatable bonds is 0. The van der Waals surface area contributed by atoms with E-state index in [4.69, 9.17) is 0 Å². The fourth-order valence-electron chi connectivity index (χ4n) is 1.89. The largest absolute Gasteiger partial charge is 0.364 e. The maximum absolute atomic E-state index is 10.6. The van der Waals surface area contributed by atoms with Gasteiger partial charge in [-0.3, -0.25) is 0 Å². The number of hydrogen-bond donors (Lipinski definition) is 2. The Kier molecular flexibility index (Phi) is 1.89. The molecule has 0 aromatic carbocycles. The zero-order valence-electron chi connectivity index (χ0n) is 6.89. The SMILES string of the molecule is O=C=C1NC[N]C12CCNCC2. The first-order valence-corrected chi connectivity index (χ1v) is 4.26. The van der Waals surface area contributed by atoms with Crippen LogP contribution < -0.4 is 16.0 Å². The third kappa shape index (κ3) is 1.05. The fourth-order valence-corrected chi connectivity index (χ4v) is 1.89. The van der Waals surface area contributed by atoms with E-state index in [1.165, 1.54) is 0 Å². The number of carbonyl (C=O) groups excluding carboxylic acids is 1. The minimum absolute atomic E-state index is 0.215. The monoisotopic (exact) mass is 166 g/mol. The van der Waals surface area contributed by atoms with Gasteiger partial charge in [0.2, 0.25) is 0 Å². The summed E-state index contributed by atoms with van der Waals surface area (Å²) >= 11 is 0. The van der Waals surface area contributed by atoms with Crippen LogP contribution in [0.25, 0.3) is 0 Å². The van der Waals surface area contributed by atoms with Crippen molar-refractivity contribution in [1.82, 2.24) is 16.0 Å². The van der Waals surface area contributed by atoms with Gasteiger partial charge in [-0.25, -0.2) is 10.1 Å². The van der Waals surface area contributed by atoms with E-state index in [-0.39, 0.29) is 5.54 Å². The Bertz CT molecular complexity index is 226. The number of nitrogens with one attached hydrogen (secondary N) is 2. The second kappa shape index (κ2) is 2.90. The minimum atomic E-state index is -0.215. The molecule has 4 heteroatoms. The van der Waals surface area contributed by atoms with Gasteiger partial charge in [-0.15, -0.1) is 0 Å². The van der Waals surface area contributed by atoms with Crippen molar-refractivity contribution in [3.8, 4) is 0 Å². The van der Waals surface area contributed by atoms with E-state index in [1.54, 1.807) is 0 Å². The van der Waals surface area contributed by atoms with E-state index in [0.717, 1.165) is 25.9 Å². The molecule has 65 valence electrons. The highest BCUT2D eigenvalue weighted by Crippen LogP contribution is 2.27. The summed E-state index contributed by atoms with van der Waals surface area (Å²) in [7, 11) is 0. The van der Waals surface area contributed by atoms with Crippen LogP contribution in [0.4, 0.5) is 0 Å². The van der Waals surface area contributed by atoms with Crippen LogP contribution in [-0.2, 0) is 4.79 Å². The molecular formula is C8H12N3O. The summed E-state index contributed by atoms with van der Waals surface area (Å²) in [5.74, 6) is 1.96. The van der Waals surface area contributed by atoms with Crippen molar-refractivity contribution in [2.45, 2.75) is 18.4 Å². The zero-order chi connectivity index (χ0) is 8.44. The predicted molar refractivity (Wildman–Crippen MR) is 44.2 cm³/mol. The molecule has 0 atom stereocenters. The van der Waals surface area contributed by atoms with Crippen molar-refractivity contribution >= 4 is 5.94 Å². The molecule has 2 fully saturated rings. The molecule has 1 spiro atoms. The first-order valence-electron chi connectivity index (χ1n) is 4.26. The molecule has 2 heterocycles. The lowest BCUT2D eigenvalue weighted by Crippen LogP contribution is -2.46. The number of hydrogen-bond acceptors (Lipinski definition) is 3. The Balaban J connectivity index is 2.22. The predicted octanol–water partition coefficient (Wildman–Crippen LogP) is -1.01. The third-order valence-corrected chi connectivity index (χ3v) is 2.64. The van der Waals surface area contributed by atoms with Crippen LogP contribution in [0.5, 0.6) is 0 Å². The lowest BCUT2D eigenvalue weighted by atomic mass is 9.87. The first-order chi connectivity index (χ1) is 5.87. The lowest BCUT2D eigenvalue weighted by Gasteiger charge is -2.31. The second-order valence-corrected chi connectivity index (χ2v) is 3.25. The number of piperidine rings is 1. The smallest absolute Gasteiger partial charge is 0.147 e. The summed E-state index contributed by atoms with van der Waals surface area (Å²) < 4.78 is 0. The topological polar surface area (TPSA) is 55.2 Å². The molecule has 0 aromatic heterocycles. The molecule has 2 aliphatic rings. The van der Waals surface area contributed by atoms with Crippen LogP contribution in [0.3, 0.4) is 0 Å². The van der Waals surface area contributed by atoms with Crippen LogP contribution in [0.15, 0.2) is 5.70 Å². The average Bonchev–Trinajstić information content (AvgIpc) is 2.49. The van der Waals surface area contributed by atoms with E-state index >= 15 is 0 Å². The average molecular weight is 166 g/mol. The van der Waals surface area contributed by atoms with Crippen LogP contribution in [0.1, 0.15) is 12.8 Å². The Labute approximate surface area is 71.4 Å². The lowest BCUT2D eigenvalue weighted by molar-refractivity contribution is 0.317. The van der Waals surface area contributed by atoms with Gasteiger partial charge in [-0.2, -0.15) is 0 Å². The fraction of sp³-hybridized carbons (Fsp3) is 0.750. The van der Waals surface area contributed by atoms with Gasteiger partial charge in [-0.1, -0.05) is 0 Å². The maximum atomic E-state index is 10.6. The molecule has 0 bridgehead atoms. The molecule has 4 nitrogen and oxygen atoms in total. The van der Waals surface area contributed by atoms with Gasteiger partial charge in [0.25, 0.3) is 0 Å². The van der Waals surface area contributed by atoms with Gasteiger partial charge in [0.15, 0.2) is 0 Å². The van der Waals surface area contributed by atoms with Crippen molar-refractivity contribution in [2.24, 2.45) is 0 Å². The molecule has 0 amide bonds. The molecule has 2 N–H and O–H groups in total. The molecule has 2 rings (SSSR count). The van der Waals surface area contributed by atoms with E-state index in [2.05, 4.69) is 16.0 Å². The standard InChI is InChI=1S/C8H12N3O/c12-5-7-8(11-6-10-7)1-3-9-4-2-8/h9-10H,1-4,6H2. The molecular weight excluding hydrogens is 154 g/mol. The highest BCUT2D eigenvalue weighted by atomic mass is 16.1. The van der Waals surface area contributed by atoms with Crippen LogP contribution in [0.2, 0.25) is 0 Å². The van der Waals surface area contributed by atoms with Crippen molar-refractivity contribution in [1.29, 1.82) is 0 Å². The molecule has 0 aromatic rings. The van der Waals surface area contributed by atoms with Gasteiger partial charge >= 0.3 is 0 Å². The van der Waals surface area contributed by atoms with Gasteiger partial charge < -0.3 is 10.6 Å². The van der Waals surface area contributed by atoms with E-state index in [1.807, 2.05) is 5.94 Å². The van der Waals surface area contributed by atoms with Crippen molar-refractivity contribution in [3.05, 3.63) is 5.70 Å². The zero-order valence-corrected chi connectivity index (χ0v) is 6.89. The molecule has 0 saturated carbocycles. The second-order valence-electron chi connectivity index (χ2n) is 3.25. The van der Waals surface area contributed by atoms with Crippen molar-refractivity contribution in [2.75, 3.05) is 19.8 Å². The third-order valence-electron chi connectivity index (χ3n) is 2.64. The first kappa shape index (κ1) is 7.80. The molecule has 0 aliphatic carbocycles. The van der Waals surface area contributed by atoms with Gasteiger partial charge in [-0.05, 0) is 25.9 Å². The number of nitrogens with zero attached hydrogens (tertiary/aromatic N) is 1. The Morgan fingerprint density at radius 2 is 2.17 bits per heavy atom. The Morgan fingerprint density at radius 3 is 2.83 bits per heavy atom. The van der Waals surface area contributed by atoms with Crippen LogP contribution in [0, 0.1) is 0 Å². The molecule has 12 heavy (non-hydrogen) atoms. The van der Waals surface area contributed by atoms with Gasteiger partial charge in [0, 0.05) is 0 Å². The molecule has 2 aliphatic heterocycles. The van der Waals surface area contributed by atoms with Crippen molar-refractivity contribution in [3.63, 3.8) is 0 Å². The summed E-state index contributed by atoms with van der Waals surface area (Å²) in [5, 5.41) is 10.6. The maximum Gasteiger partial charge on any atom is 0.147 e. The summed E-state index contributed by atoms with van der Waals surface area (Å²) in [6.45, 7) is 2.46. The minimum Gasteiger partial charge on any atom is -0.364 e. The van der Waals surface area contributed by atoms with Crippen LogP contribution >= 0.6 is 0 Å². The highest BCUT2D eigenvalue weighted by Gasteiger charge is 2.41. The summed E-state index contributed by atoms with van der Waals surface area (Å²) in [6, 6.07) is 0. The summed E-state index contributed by atoms with van der Waals surface area (Å²) in [5.41, 5.74) is 0.441. The summed E-state index contributed by atoms with van der Waals surface area (Å²) in [4.78, 5) is 10.6. The van der Waals surface area contributed by atoms with Gasteiger partial charge in [0.1, 0.15) is 11.6 Å². The Hall–Kier alpha value is -0.830. The van der Waals surface area contributed by atoms with Crippen LogP contribution in [-0.4, -0.2) is 31.2 Å².